The van der Waals surface area contributed by atoms with Crippen molar-refractivity contribution in [3.8, 4) is 0 Å². The SMILES string of the molecule is Cl.O=C(OCc1cnc[nH]1)c1ccc(Cl)cc1. The van der Waals surface area contributed by atoms with E-state index in [0.29, 0.717) is 10.6 Å². The van der Waals surface area contributed by atoms with E-state index in [9.17, 15) is 4.79 Å². The first kappa shape index (κ1) is 13.5. The number of rotatable bonds is 3. The van der Waals surface area contributed by atoms with Crippen LogP contribution in [-0.2, 0) is 11.3 Å². The Balaban J connectivity index is 0.00000144. The lowest BCUT2D eigenvalue weighted by Gasteiger charge is -2.02. The Bertz CT molecular complexity index is 469. The van der Waals surface area contributed by atoms with Crippen LogP contribution in [0.3, 0.4) is 0 Å². The van der Waals surface area contributed by atoms with E-state index in [1.165, 1.54) is 6.33 Å². The van der Waals surface area contributed by atoms with Gasteiger partial charge in [0.2, 0.25) is 0 Å². The molecule has 2 rings (SSSR count). The molecule has 0 saturated carbocycles. The second kappa shape index (κ2) is 6.27. The summed E-state index contributed by atoms with van der Waals surface area (Å²) in [5.74, 6) is -0.383. The van der Waals surface area contributed by atoms with Crippen molar-refractivity contribution in [2.75, 3.05) is 0 Å². The van der Waals surface area contributed by atoms with Gasteiger partial charge in [-0.1, -0.05) is 11.6 Å². The minimum Gasteiger partial charge on any atom is -0.456 e. The van der Waals surface area contributed by atoms with Crippen molar-refractivity contribution >= 4 is 30.0 Å². The van der Waals surface area contributed by atoms with Crippen LogP contribution in [0.5, 0.6) is 0 Å². The number of benzene rings is 1. The van der Waals surface area contributed by atoms with E-state index in [2.05, 4.69) is 9.97 Å². The van der Waals surface area contributed by atoms with E-state index in [4.69, 9.17) is 16.3 Å². The molecule has 1 aromatic carbocycles. The van der Waals surface area contributed by atoms with Gasteiger partial charge in [-0.25, -0.2) is 9.78 Å². The standard InChI is InChI=1S/C11H9ClN2O2.ClH/c12-9-3-1-8(2-4-9)11(15)16-6-10-5-13-7-14-10;/h1-5,7H,6H2,(H,13,14);1H. The smallest absolute Gasteiger partial charge is 0.338 e. The third-order valence-electron chi connectivity index (χ3n) is 1.99. The predicted octanol–water partition coefficient (Wildman–Crippen LogP) is 2.84. The van der Waals surface area contributed by atoms with Crippen LogP contribution in [0.15, 0.2) is 36.8 Å². The largest absolute Gasteiger partial charge is 0.456 e. The third-order valence-corrected chi connectivity index (χ3v) is 2.25. The number of hydrogen-bond acceptors (Lipinski definition) is 3. The van der Waals surface area contributed by atoms with Gasteiger partial charge in [-0.2, -0.15) is 0 Å². The van der Waals surface area contributed by atoms with Gasteiger partial charge in [0.25, 0.3) is 0 Å². The normalized spacial score (nSPS) is 9.47. The summed E-state index contributed by atoms with van der Waals surface area (Å²) in [7, 11) is 0. The van der Waals surface area contributed by atoms with Gasteiger partial charge >= 0.3 is 5.97 Å². The zero-order valence-corrected chi connectivity index (χ0v) is 10.3. The van der Waals surface area contributed by atoms with Crippen molar-refractivity contribution in [3.05, 3.63) is 53.1 Å². The first-order chi connectivity index (χ1) is 7.75. The average molecular weight is 273 g/mol. The van der Waals surface area contributed by atoms with Crippen LogP contribution in [0.25, 0.3) is 0 Å². The zero-order valence-electron chi connectivity index (χ0n) is 8.72. The van der Waals surface area contributed by atoms with Crippen molar-refractivity contribution in [2.24, 2.45) is 0 Å². The topological polar surface area (TPSA) is 55.0 Å². The van der Waals surface area contributed by atoms with Crippen molar-refractivity contribution < 1.29 is 9.53 Å². The lowest BCUT2D eigenvalue weighted by atomic mass is 10.2. The molecule has 0 spiro atoms. The van der Waals surface area contributed by atoms with Crippen LogP contribution >= 0.6 is 24.0 Å². The maximum Gasteiger partial charge on any atom is 0.338 e. The predicted molar refractivity (Wildman–Crippen MR) is 66.4 cm³/mol. The Morgan fingerprint density at radius 1 is 1.35 bits per heavy atom. The van der Waals surface area contributed by atoms with Gasteiger partial charge in [-0.05, 0) is 24.3 Å². The van der Waals surface area contributed by atoms with Crippen LogP contribution in [-0.4, -0.2) is 15.9 Å². The average Bonchev–Trinajstić information content (AvgIpc) is 2.80. The highest BCUT2D eigenvalue weighted by atomic mass is 35.5. The van der Waals surface area contributed by atoms with Gasteiger partial charge in [0.15, 0.2) is 0 Å². The van der Waals surface area contributed by atoms with E-state index in [1.807, 2.05) is 0 Å². The summed E-state index contributed by atoms with van der Waals surface area (Å²) < 4.78 is 5.06. The number of aromatic amines is 1. The molecule has 0 aliphatic rings. The van der Waals surface area contributed by atoms with E-state index in [-0.39, 0.29) is 25.0 Å². The van der Waals surface area contributed by atoms with Gasteiger partial charge < -0.3 is 9.72 Å². The van der Waals surface area contributed by atoms with Gasteiger partial charge in [0.05, 0.1) is 23.8 Å². The Kier molecular flexibility index (Phi) is 5.00. The maximum atomic E-state index is 11.6. The third kappa shape index (κ3) is 3.76. The number of esters is 1. The number of aromatic nitrogens is 2. The summed E-state index contributed by atoms with van der Waals surface area (Å²) in [6.45, 7) is 0.182. The Morgan fingerprint density at radius 2 is 2.06 bits per heavy atom. The molecule has 1 aromatic heterocycles. The first-order valence-corrected chi connectivity index (χ1v) is 5.03. The molecule has 6 heteroatoms. The summed E-state index contributed by atoms with van der Waals surface area (Å²) in [5.41, 5.74) is 1.23. The second-order valence-electron chi connectivity index (χ2n) is 3.16. The molecule has 0 unspecified atom stereocenters. The van der Waals surface area contributed by atoms with E-state index in [0.717, 1.165) is 5.69 Å². The molecule has 1 N–H and O–H groups in total. The number of halogens is 2. The fraction of sp³-hybridized carbons (Fsp3) is 0.0909. The number of imidazole rings is 1. The van der Waals surface area contributed by atoms with Gasteiger partial charge in [-0.3, -0.25) is 0 Å². The van der Waals surface area contributed by atoms with E-state index in [1.54, 1.807) is 30.5 Å². The summed E-state index contributed by atoms with van der Waals surface area (Å²) in [4.78, 5) is 18.2. The summed E-state index contributed by atoms with van der Waals surface area (Å²) in [6.07, 6.45) is 3.14. The molecule has 90 valence electrons. The van der Waals surface area contributed by atoms with Crippen LogP contribution in [0.1, 0.15) is 16.1 Å². The number of nitrogens with one attached hydrogen (secondary N) is 1. The number of ether oxygens (including phenoxy) is 1. The molecular formula is C11H10Cl2N2O2. The zero-order chi connectivity index (χ0) is 11.4. The summed E-state index contributed by atoms with van der Waals surface area (Å²) >= 11 is 5.71. The molecule has 0 fully saturated rings. The molecule has 0 aliphatic carbocycles. The number of carbonyl (C=O) groups is 1. The van der Waals surface area contributed by atoms with Gasteiger partial charge in [0.1, 0.15) is 6.61 Å². The highest BCUT2D eigenvalue weighted by Crippen LogP contribution is 2.10. The van der Waals surface area contributed by atoms with Gasteiger partial charge in [-0.15, -0.1) is 12.4 Å². The first-order valence-electron chi connectivity index (χ1n) is 4.65. The minimum atomic E-state index is -0.383. The number of nitrogens with zero attached hydrogens (tertiary/aromatic N) is 1. The maximum absolute atomic E-state index is 11.6. The van der Waals surface area contributed by atoms with Crippen LogP contribution in [0, 0.1) is 0 Å². The highest BCUT2D eigenvalue weighted by molar-refractivity contribution is 6.30. The molecule has 2 aromatic rings. The van der Waals surface area contributed by atoms with E-state index >= 15 is 0 Å². The number of H-pyrrole nitrogens is 1. The molecule has 0 bridgehead atoms. The van der Waals surface area contributed by atoms with Crippen molar-refractivity contribution in [1.29, 1.82) is 0 Å². The molecule has 17 heavy (non-hydrogen) atoms. The Labute approximate surface area is 109 Å². The molecule has 0 amide bonds. The number of hydrogen-bond donors (Lipinski definition) is 1. The molecule has 0 aliphatic heterocycles. The lowest BCUT2D eigenvalue weighted by molar-refractivity contribution is 0.0468. The quantitative estimate of drug-likeness (QED) is 0.875. The van der Waals surface area contributed by atoms with E-state index < -0.39 is 0 Å². The molecule has 0 saturated heterocycles. The minimum absolute atomic E-state index is 0. The van der Waals surface area contributed by atoms with Crippen LogP contribution < -0.4 is 0 Å². The molecule has 0 radical (unpaired) electrons. The lowest BCUT2D eigenvalue weighted by Crippen LogP contribution is -2.05. The highest BCUT2D eigenvalue weighted by Gasteiger charge is 2.07. The van der Waals surface area contributed by atoms with Crippen LogP contribution in [0.2, 0.25) is 5.02 Å². The molecule has 1 heterocycles. The van der Waals surface area contributed by atoms with Crippen LogP contribution in [0.4, 0.5) is 0 Å². The second-order valence-corrected chi connectivity index (χ2v) is 3.60. The van der Waals surface area contributed by atoms with Gasteiger partial charge in [0, 0.05) is 5.02 Å². The summed E-state index contributed by atoms with van der Waals surface area (Å²) in [6, 6.07) is 6.54. The van der Waals surface area contributed by atoms with Crippen molar-refractivity contribution in [3.63, 3.8) is 0 Å². The molecule has 4 nitrogen and oxygen atoms in total. The monoisotopic (exact) mass is 272 g/mol. The Hall–Kier alpha value is -1.52. The van der Waals surface area contributed by atoms with Crippen molar-refractivity contribution in [1.82, 2.24) is 9.97 Å². The molecule has 0 atom stereocenters. The Morgan fingerprint density at radius 3 is 2.65 bits per heavy atom. The molecular weight excluding hydrogens is 263 g/mol. The number of carbonyl (C=O) groups excluding carboxylic acids is 1. The fourth-order valence-electron chi connectivity index (χ4n) is 1.18. The van der Waals surface area contributed by atoms with Crippen molar-refractivity contribution in [2.45, 2.75) is 6.61 Å². The fourth-order valence-corrected chi connectivity index (χ4v) is 1.30. The summed E-state index contributed by atoms with van der Waals surface area (Å²) in [5, 5.41) is 0.588.